The van der Waals surface area contributed by atoms with Crippen molar-refractivity contribution in [3.05, 3.63) is 50.9 Å². The number of aromatic nitrogens is 1. The van der Waals surface area contributed by atoms with Crippen molar-refractivity contribution in [3.63, 3.8) is 0 Å². The van der Waals surface area contributed by atoms with Crippen LogP contribution < -0.4 is 5.32 Å². The van der Waals surface area contributed by atoms with Crippen molar-refractivity contribution in [1.29, 1.82) is 0 Å². The summed E-state index contributed by atoms with van der Waals surface area (Å²) in [6, 6.07) is 8.25. The van der Waals surface area contributed by atoms with E-state index in [-0.39, 0.29) is 0 Å². The van der Waals surface area contributed by atoms with Crippen molar-refractivity contribution in [1.82, 2.24) is 10.3 Å². The van der Waals surface area contributed by atoms with E-state index in [2.05, 4.69) is 23.3 Å². The van der Waals surface area contributed by atoms with Crippen LogP contribution in [-0.4, -0.2) is 4.98 Å². The van der Waals surface area contributed by atoms with Crippen LogP contribution in [0.4, 0.5) is 0 Å². The second-order valence-electron chi connectivity index (χ2n) is 4.03. The lowest BCUT2D eigenvalue weighted by Gasteiger charge is -2.13. The first kappa shape index (κ1) is 12.6. The van der Waals surface area contributed by atoms with E-state index < -0.39 is 0 Å². The van der Waals surface area contributed by atoms with Gasteiger partial charge in [-0.3, -0.25) is 0 Å². The van der Waals surface area contributed by atoms with Gasteiger partial charge in [-0.05, 0) is 31.5 Å². The third-order valence-electron chi connectivity index (χ3n) is 2.68. The van der Waals surface area contributed by atoms with Gasteiger partial charge >= 0.3 is 0 Å². The number of nitrogens with one attached hydrogen (secondary N) is 1. The maximum atomic E-state index is 5.95. The summed E-state index contributed by atoms with van der Waals surface area (Å²) >= 11 is 7.65. The Morgan fingerprint density at radius 2 is 2.29 bits per heavy atom. The SMILES string of the molecule is Cc1ncsc1C(C)NCc1cccc(Cl)c1. The van der Waals surface area contributed by atoms with Gasteiger partial charge in [0, 0.05) is 22.5 Å². The molecule has 0 aliphatic heterocycles. The van der Waals surface area contributed by atoms with Gasteiger partial charge in [0.25, 0.3) is 0 Å². The number of nitrogens with zero attached hydrogens (tertiary/aromatic N) is 1. The summed E-state index contributed by atoms with van der Waals surface area (Å²) in [7, 11) is 0. The van der Waals surface area contributed by atoms with Crippen molar-refractivity contribution in [2.75, 3.05) is 0 Å². The van der Waals surface area contributed by atoms with E-state index in [0.717, 1.165) is 17.3 Å². The smallest absolute Gasteiger partial charge is 0.0798 e. The Morgan fingerprint density at radius 3 is 2.94 bits per heavy atom. The molecule has 1 unspecified atom stereocenters. The predicted molar refractivity (Wildman–Crippen MR) is 73.6 cm³/mol. The summed E-state index contributed by atoms with van der Waals surface area (Å²) in [5.41, 5.74) is 4.20. The summed E-state index contributed by atoms with van der Waals surface area (Å²) < 4.78 is 0. The molecule has 2 rings (SSSR count). The van der Waals surface area contributed by atoms with Crippen LogP contribution in [0.15, 0.2) is 29.8 Å². The van der Waals surface area contributed by atoms with Crippen LogP contribution in [0.25, 0.3) is 0 Å². The quantitative estimate of drug-likeness (QED) is 0.906. The Morgan fingerprint density at radius 1 is 1.47 bits per heavy atom. The first-order chi connectivity index (χ1) is 8.16. The molecule has 0 aliphatic carbocycles. The highest BCUT2D eigenvalue weighted by Gasteiger charge is 2.10. The molecule has 17 heavy (non-hydrogen) atoms. The molecule has 1 atom stereocenters. The molecule has 1 aromatic heterocycles. The van der Waals surface area contributed by atoms with Gasteiger partial charge in [-0.25, -0.2) is 4.98 Å². The number of aryl methyl sites for hydroxylation is 1. The monoisotopic (exact) mass is 266 g/mol. The molecule has 0 saturated heterocycles. The van der Waals surface area contributed by atoms with E-state index in [0.29, 0.717) is 6.04 Å². The van der Waals surface area contributed by atoms with Crippen molar-refractivity contribution in [2.45, 2.75) is 26.4 Å². The summed E-state index contributed by atoms with van der Waals surface area (Å²) in [5, 5.41) is 4.26. The normalized spacial score (nSPS) is 12.6. The summed E-state index contributed by atoms with van der Waals surface area (Å²) in [6.07, 6.45) is 0. The molecule has 0 spiro atoms. The maximum absolute atomic E-state index is 5.95. The molecule has 0 saturated carbocycles. The van der Waals surface area contributed by atoms with Gasteiger partial charge in [-0.15, -0.1) is 11.3 Å². The Hall–Kier alpha value is -0.900. The fourth-order valence-electron chi connectivity index (χ4n) is 1.74. The Balaban J connectivity index is 1.97. The topological polar surface area (TPSA) is 24.9 Å². The van der Waals surface area contributed by atoms with E-state index >= 15 is 0 Å². The molecular weight excluding hydrogens is 252 g/mol. The molecule has 2 aromatic rings. The molecule has 4 heteroatoms. The molecule has 0 bridgehead atoms. The average Bonchev–Trinajstić information content (AvgIpc) is 2.72. The van der Waals surface area contributed by atoms with E-state index in [9.17, 15) is 0 Å². The molecular formula is C13H15ClN2S. The maximum Gasteiger partial charge on any atom is 0.0798 e. The zero-order chi connectivity index (χ0) is 12.3. The third kappa shape index (κ3) is 3.28. The molecule has 1 heterocycles. The van der Waals surface area contributed by atoms with Gasteiger partial charge in [0.05, 0.1) is 11.2 Å². The lowest BCUT2D eigenvalue weighted by molar-refractivity contribution is 0.579. The van der Waals surface area contributed by atoms with Crippen molar-refractivity contribution in [3.8, 4) is 0 Å². The Labute approximate surface area is 111 Å². The lowest BCUT2D eigenvalue weighted by atomic mass is 10.2. The van der Waals surface area contributed by atoms with Gasteiger partial charge < -0.3 is 5.32 Å². The highest BCUT2D eigenvalue weighted by atomic mass is 35.5. The number of halogens is 1. The standard InChI is InChI=1S/C13H15ClN2S/c1-9(13-10(2)16-8-17-13)15-7-11-4-3-5-12(14)6-11/h3-6,8-9,15H,7H2,1-2H3. The van der Waals surface area contributed by atoms with Crippen LogP contribution in [0.5, 0.6) is 0 Å². The molecule has 0 radical (unpaired) electrons. The fraction of sp³-hybridized carbons (Fsp3) is 0.308. The second kappa shape index (κ2) is 5.63. The average molecular weight is 267 g/mol. The predicted octanol–water partition coefficient (Wildman–Crippen LogP) is 3.96. The van der Waals surface area contributed by atoms with Crippen LogP contribution in [-0.2, 0) is 6.54 Å². The minimum Gasteiger partial charge on any atom is -0.305 e. The number of rotatable bonds is 4. The van der Waals surface area contributed by atoms with Gasteiger partial charge in [0.2, 0.25) is 0 Å². The number of thiazole rings is 1. The van der Waals surface area contributed by atoms with Crippen LogP contribution in [0, 0.1) is 6.92 Å². The number of hydrogen-bond donors (Lipinski definition) is 1. The van der Waals surface area contributed by atoms with Gasteiger partial charge in [0.1, 0.15) is 0 Å². The second-order valence-corrected chi connectivity index (χ2v) is 5.36. The minimum atomic E-state index is 0.321. The zero-order valence-corrected chi connectivity index (χ0v) is 11.5. The van der Waals surface area contributed by atoms with E-state index in [1.54, 1.807) is 11.3 Å². The van der Waals surface area contributed by atoms with E-state index in [1.165, 1.54) is 10.4 Å². The van der Waals surface area contributed by atoms with Crippen LogP contribution >= 0.6 is 22.9 Å². The molecule has 0 amide bonds. The highest BCUT2D eigenvalue weighted by molar-refractivity contribution is 7.09. The van der Waals surface area contributed by atoms with Gasteiger partial charge in [-0.1, -0.05) is 23.7 Å². The number of benzene rings is 1. The minimum absolute atomic E-state index is 0.321. The van der Waals surface area contributed by atoms with Crippen molar-refractivity contribution in [2.24, 2.45) is 0 Å². The van der Waals surface area contributed by atoms with Crippen LogP contribution in [0.3, 0.4) is 0 Å². The van der Waals surface area contributed by atoms with Gasteiger partial charge in [-0.2, -0.15) is 0 Å². The molecule has 1 aromatic carbocycles. The van der Waals surface area contributed by atoms with E-state index in [1.807, 2.05) is 30.6 Å². The fourth-order valence-corrected chi connectivity index (χ4v) is 2.79. The molecule has 90 valence electrons. The highest BCUT2D eigenvalue weighted by Crippen LogP contribution is 2.21. The first-order valence-electron chi connectivity index (χ1n) is 5.54. The summed E-state index contributed by atoms with van der Waals surface area (Å²) in [5.74, 6) is 0. The summed E-state index contributed by atoms with van der Waals surface area (Å²) in [6.45, 7) is 5.02. The van der Waals surface area contributed by atoms with Crippen LogP contribution in [0.1, 0.15) is 29.1 Å². The van der Waals surface area contributed by atoms with Crippen molar-refractivity contribution >= 4 is 22.9 Å². The van der Waals surface area contributed by atoms with Gasteiger partial charge in [0.15, 0.2) is 0 Å². The molecule has 2 nitrogen and oxygen atoms in total. The molecule has 0 aliphatic rings. The molecule has 1 N–H and O–H groups in total. The lowest BCUT2D eigenvalue weighted by Crippen LogP contribution is -2.17. The number of hydrogen-bond acceptors (Lipinski definition) is 3. The Kier molecular flexibility index (Phi) is 4.15. The summed E-state index contributed by atoms with van der Waals surface area (Å²) in [4.78, 5) is 5.56. The van der Waals surface area contributed by atoms with Crippen LogP contribution in [0.2, 0.25) is 5.02 Å². The third-order valence-corrected chi connectivity index (χ3v) is 4.03. The first-order valence-corrected chi connectivity index (χ1v) is 6.80. The largest absolute Gasteiger partial charge is 0.305 e. The van der Waals surface area contributed by atoms with E-state index in [4.69, 9.17) is 11.6 Å². The Bertz CT molecular complexity index is 496. The molecule has 0 fully saturated rings. The zero-order valence-electron chi connectivity index (χ0n) is 9.90. The van der Waals surface area contributed by atoms with Crippen molar-refractivity contribution < 1.29 is 0 Å².